The zero-order chi connectivity index (χ0) is 23.2. The van der Waals surface area contributed by atoms with Gasteiger partial charge in [0.1, 0.15) is 17.3 Å². The number of rotatable bonds is 5. The zero-order valence-electron chi connectivity index (χ0n) is 19.1. The summed E-state index contributed by atoms with van der Waals surface area (Å²) in [7, 11) is 1.61. The number of ether oxygens (including phenoxy) is 2. The van der Waals surface area contributed by atoms with Crippen LogP contribution in [0.4, 0.5) is 11.5 Å². The van der Waals surface area contributed by atoms with E-state index in [4.69, 9.17) is 14.6 Å². The number of carbonyl (C=O) groups is 1. The fourth-order valence-electron chi connectivity index (χ4n) is 5.40. The molecule has 1 aliphatic carbocycles. The molecular formula is C25H28IN5O3. The number of fused-ring (bicyclic) bond motifs is 3. The number of carbonyl (C=O) groups excluding carboxylic acids is 1. The average Bonchev–Trinajstić information content (AvgIpc) is 3.60. The Hall–Kier alpha value is -2.40. The van der Waals surface area contributed by atoms with Crippen molar-refractivity contribution in [2.24, 2.45) is 0 Å². The van der Waals surface area contributed by atoms with Crippen molar-refractivity contribution >= 4 is 50.9 Å². The molecule has 4 heterocycles. The van der Waals surface area contributed by atoms with Gasteiger partial charge in [0, 0.05) is 28.1 Å². The van der Waals surface area contributed by atoms with E-state index in [1.54, 1.807) is 13.2 Å². The molecule has 8 nitrogen and oxygen atoms in total. The summed E-state index contributed by atoms with van der Waals surface area (Å²) in [4.78, 5) is 20.0. The van der Waals surface area contributed by atoms with Gasteiger partial charge in [-0.05, 0) is 50.3 Å². The van der Waals surface area contributed by atoms with Gasteiger partial charge < -0.3 is 19.7 Å². The molecule has 178 valence electrons. The number of pyridine rings is 1. The SMILES string of the molecule is COc1cc2nn([C@H]3CC[C@H](I)CC3)cc2cc1NC(=O)c1cccc(N2C[C@@H]3C[C@H]2CO3)n1. The van der Waals surface area contributed by atoms with Crippen molar-refractivity contribution < 1.29 is 14.3 Å². The second-order valence-corrected chi connectivity index (χ2v) is 11.2. The summed E-state index contributed by atoms with van der Waals surface area (Å²) in [6.07, 6.45) is 8.14. The number of halogens is 1. The number of nitrogens with one attached hydrogen (secondary N) is 1. The van der Waals surface area contributed by atoms with Crippen LogP contribution in [0.2, 0.25) is 0 Å². The van der Waals surface area contributed by atoms with Crippen molar-refractivity contribution in [3.63, 3.8) is 0 Å². The molecule has 2 saturated heterocycles. The number of aromatic nitrogens is 3. The van der Waals surface area contributed by atoms with Crippen LogP contribution < -0.4 is 15.0 Å². The zero-order valence-corrected chi connectivity index (χ0v) is 21.3. The molecule has 0 unspecified atom stereocenters. The molecule has 3 aromatic rings. The van der Waals surface area contributed by atoms with E-state index in [1.807, 2.05) is 24.3 Å². The molecule has 34 heavy (non-hydrogen) atoms. The minimum atomic E-state index is -0.257. The van der Waals surface area contributed by atoms with Crippen LogP contribution in [-0.4, -0.2) is 57.0 Å². The third-order valence-electron chi connectivity index (χ3n) is 7.25. The van der Waals surface area contributed by atoms with Crippen LogP contribution in [0.25, 0.3) is 10.9 Å². The Bertz CT molecular complexity index is 1220. The fourth-order valence-corrected chi connectivity index (χ4v) is 6.12. The maximum atomic E-state index is 13.1. The topological polar surface area (TPSA) is 81.5 Å². The van der Waals surface area contributed by atoms with Gasteiger partial charge >= 0.3 is 0 Å². The first-order valence-corrected chi connectivity index (χ1v) is 13.2. The van der Waals surface area contributed by atoms with E-state index >= 15 is 0 Å². The highest BCUT2D eigenvalue weighted by Crippen LogP contribution is 2.35. The number of amides is 1. The monoisotopic (exact) mass is 573 g/mol. The number of morpholine rings is 1. The normalized spacial score (nSPS) is 26.2. The van der Waals surface area contributed by atoms with E-state index in [-0.39, 0.29) is 12.0 Å². The van der Waals surface area contributed by atoms with Crippen molar-refractivity contribution in [1.82, 2.24) is 14.8 Å². The molecule has 2 aromatic heterocycles. The van der Waals surface area contributed by atoms with Gasteiger partial charge in [-0.15, -0.1) is 0 Å². The van der Waals surface area contributed by atoms with E-state index < -0.39 is 0 Å². The highest BCUT2D eigenvalue weighted by Gasteiger charge is 2.39. The largest absolute Gasteiger partial charge is 0.494 e. The van der Waals surface area contributed by atoms with E-state index in [1.165, 1.54) is 12.8 Å². The molecule has 2 bridgehead atoms. The summed E-state index contributed by atoms with van der Waals surface area (Å²) in [5, 5.41) is 8.81. The first kappa shape index (κ1) is 22.1. The summed E-state index contributed by atoms with van der Waals surface area (Å²) >= 11 is 2.55. The van der Waals surface area contributed by atoms with Gasteiger partial charge in [0.15, 0.2) is 0 Å². The van der Waals surface area contributed by atoms with Gasteiger partial charge in [0.25, 0.3) is 5.91 Å². The van der Waals surface area contributed by atoms with Gasteiger partial charge in [0.05, 0.1) is 43.1 Å². The molecule has 2 atom stereocenters. The van der Waals surface area contributed by atoms with Gasteiger partial charge in [-0.3, -0.25) is 9.48 Å². The van der Waals surface area contributed by atoms with E-state index in [2.05, 4.69) is 48.7 Å². The Morgan fingerprint density at radius 2 is 2.06 bits per heavy atom. The van der Waals surface area contributed by atoms with E-state index in [0.717, 1.165) is 53.1 Å². The Labute approximate surface area is 212 Å². The highest BCUT2D eigenvalue weighted by atomic mass is 127. The smallest absolute Gasteiger partial charge is 0.274 e. The number of methoxy groups -OCH3 is 1. The maximum absolute atomic E-state index is 13.1. The molecule has 3 fully saturated rings. The molecule has 3 aliphatic rings. The lowest BCUT2D eigenvalue weighted by Gasteiger charge is -2.28. The molecule has 6 rings (SSSR count). The van der Waals surface area contributed by atoms with Crippen LogP contribution in [0.5, 0.6) is 5.75 Å². The Morgan fingerprint density at radius 3 is 2.79 bits per heavy atom. The molecule has 2 aliphatic heterocycles. The minimum absolute atomic E-state index is 0.257. The Morgan fingerprint density at radius 1 is 1.21 bits per heavy atom. The van der Waals surface area contributed by atoms with Gasteiger partial charge in [0.2, 0.25) is 0 Å². The molecule has 1 amide bonds. The second kappa shape index (κ2) is 8.99. The number of hydrogen-bond donors (Lipinski definition) is 1. The molecule has 0 spiro atoms. The quantitative estimate of drug-likeness (QED) is 0.356. The standard InChI is InChI=1S/C25H28IN5O3/c1-33-23-11-21-15(12-31(29-21)17-7-5-16(26)6-8-17)9-22(23)28-25(32)20-3-2-4-24(27-20)30-13-19-10-18(30)14-34-19/h2-4,9,11-12,16-19H,5-8,10,13-14H2,1H3,(H,28,32)/t16-,17-,18-,19-/m0/s1. The molecule has 1 N–H and O–H groups in total. The van der Waals surface area contributed by atoms with Gasteiger partial charge in [-0.1, -0.05) is 28.7 Å². The van der Waals surface area contributed by atoms with Crippen molar-refractivity contribution in [2.75, 3.05) is 30.5 Å². The fraction of sp³-hybridized carbons (Fsp3) is 0.480. The third kappa shape index (κ3) is 4.13. The molecule has 1 saturated carbocycles. The molecule has 1 aromatic carbocycles. The highest BCUT2D eigenvalue weighted by molar-refractivity contribution is 14.1. The number of alkyl halides is 1. The number of benzene rings is 1. The minimum Gasteiger partial charge on any atom is -0.494 e. The van der Waals surface area contributed by atoms with Crippen LogP contribution >= 0.6 is 22.6 Å². The summed E-state index contributed by atoms with van der Waals surface area (Å²) in [6, 6.07) is 10.2. The predicted octanol–water partition coefficient (Wildman–Crippen LogP) is 4.59. The average molecular weight is 573 g/mol. The van der Waals surface area contributed by atoms with Crippen LogP contribution in [-0.2, 0) is 4.74 Å². The van der Waals surface area contributed by atoms with E-state index in [0.29, 0.717) is 29.2 Å². The molecular weight excluding hydrogens is 545 g/mol. The van der Waals surface area contributed by atoms with Crippen molar-refractivity contribution in [2.45, 2.75) is 54.2 Å². The molecule has 9 heteroatoms. The van der Waals surface area contributed by atoms with Crippen molar-refractivity contribution in [1.29, 1.82) is 0 Å². The number of nitrogens with zero attached hydrogens (tertiary/aromatic N) is 4. The van der Waals surface area contributed by atoms with Crippen LogP contribution in [0, 0.1) is 0 Å². The lowest BCUT2D eigenvalue weighted by molar-refractivity contribution is 0.0988. The first-order valence-electron chi connectivity index (χ1n) is 11.9. The first-order chi connectivity index (χ1) is 16.6. The second-order valence-electron chi connectivity index (χ2n) is 9.46. The summed E-state index contributed by atoms with van der Waals surface area (Å²) in [5.74, 6) is 1.16. The van der Waals surface area contributed by atoms with Crippen LogP contribution in [0.1, 0.15) is 48.6 Å². The van der Waals surface area contributed by atoms with Crippen LogP contribution in [0.15, 0.2) is 36.5 Å². The van der Waals surface area contributed by atoms with E-state index in [9.17, 15) is 4.79 Å². The van der Waals surface area contributed by atoms with Crippen LogP contribution in [0.3, 0.4) is 0 Å². The predicted molar refractivity (Wildman–Crippen MR) is 139 cm³/mol. The summed E-state index contributed by atoms with van der Waals surface area (Å²) in [5.41, 5.74) is 1.88. The number of hydrogen-bond acceptors (Lipinski definition) is 6. The van der Waals surface area contributed by atoms with Gasteiger partial charge in [-0.2, -0.15) is 5.10 Å². The lowest BCUT2D eigenvalue weighted by Crippen LogP contribution is -2.37. The number of anilines is 2. The van der Waals surface area contributed by atoms with Crippen molar-refractivity contribution in [3.05, 3.63) is 42.2 Å². The van der Waals surface area contributed by atoms with Crippen molar-refractivity contribution in [3.8, 4) is 5.75 Å². The van der Waals surface area contributed by atoms with Gasteiger partial charge in [-0.25, -0.2) is 4.98 Å². The lowest BCUT2D eigenvalue weighted by atomic mass is 9.96. The molecule has 0 radical (unpaired) electrons. The maximum Gasteiger partial charge on any atom is 0.274 e. The summed E-state index contributed by atoms with van der Waals surface area (Å²) < 4.78 is 14.1. The Kier molecular flexibility index (Phi) is 5.84. The summed E-state index contributed by atoms with van der Waals surface area (Å²) in [6.45, 7) is 1.56. The third-order valence-corrected chi connectivity index (χ3v) is 8.50. The Balaban J connectivity index is 1.23.